The molecule has 0 amide bonds. The van der Waals surface area contributed by atoms with Crippen molar-refractivity contribution in [2.75, 3.05) is 6.54 Å². The Bertz CT molecular complexity index is 292. The van der Waals surface area contributed by atoms with Crippen molar-refractivity contribution in [3.63, 3.8) is 0 Å². The lowest BCUT2D eigenvalue weighted by molar-refractivity contribution is -0.130. The van der Waals surface area contributed by atoms with Crippen molar-refractivity contribution < 1.29 is 10.2 Å². The molecule has 0 saturated carbocycles. The highest BCUT2D eigenvalue weighted by atomic mass is 32.1. The number of piperidine rings is 1. The van der Waals surface area contributed by atoms with Gasteiger partial charge in [-0.3, -0.25) is 4.90 Å². The minimum absolute atomic E-state index is 0.452. The van der Waals surface area contributed by atoms with Crippen LogP contribution in [0.1, 0.15) is 30.6 Å². The average molecular weight is 241 g/mol. The molecule has 0 bridgehead atoms. The molecule has 0 spiro atoms. The van der Waals surface area contributed by atoms with Gasteiger partial charge in [0.05, 0.1) is 0 Å². The van der Waals surface area contributed by atoms with Gasteiger partial charge in [-0.05, 0) is 43.6 Å². The Morgan fingerprint density at radius 2 is 2.06 bits per heavy atom. The number of aliphatic hydroxyl groups excluding tert-OH is 2. The zero-order valence-corrected chi connectivity index (χ0v) is 10.2. The molecule has 16 heavy (non-hydrogen) atoms. The van der Waals surface area contributed by atoms with E-state index in [1.165, 1.54) is 4.88 Å². The van der Waals surface area contributed by atoms with Crippen molar-refractivity contribution in [3.8, 4) is 0 Å². The second-order valence-electron chi connectivity index (χ2n) is 4.31. The average Bonchev–Trinajstić information content (AvgIpc) is 2.75. The molecule has 2 rings (SSSR count). The summed E-state index contributed by atoms with van der Waals surface area (Å²) in [6.07, 6.45) is 3.62. The molecular formula is C12H19NO2S. The van der Waals surface area contributed by atoms with E-state index < -0.39 is 12.5 Å². The van der Waals surface area contributed by atoms with E-state index in [9.17, 15) is 10.2 Å². The Morgan fingerprint density at radius 3 is 2.69 bits per heavy atom. The number of likely N-dealkylation sites (tertiary alicyclic amines) is 1. The molecule has 4 heteroatoms. The van der Waals surface area contributed by atoms with Crippen LogP contribution in [0.2, 0.25) is 0 Å². The lowest BCUT2D eigenvalue weighted by atomic mass is 10.1. The minimum Gasteiger partial charge on any atom is -0.378 e. The normalized spacial score (nSPS) is 27.1. The van der Waals surface area contributed by atoms with Gasteiger partial charge in [-0.25, -0.2) is 0 Å². The second kappa shape index (κ2) is 5.77. The van der Waals surface area contributed by atoms with Gasteiger partial charge in [0.15, 0.2) is 0 Å². The molecule has 2 heterocycles. The minimum atomic E-state index is -0.452. The molecule has 1 fully saturated rings. The van der Waals surface area contributed by atoms with Crippen LogP contribution >= 0.6 is 11.3 Å². The van der Waals surface area contributed by atoms with E-state index in [0.717, 1.165) is 38.6 Å². The van der Waals surface area contributed by atoms with Crippen LogP contribution < -0.4 is 0 Å². The molecule has 2 N–H and O–H groups in total. The van der Waals surface area contributed by atoms with E-state index in [4.69, 9.17) is 0 Å². The predicted molar refractivity (Wildman–Crippen MR) is 65.2 cm³/mol. The van der Waals surface area contributed by atoms with Crippen LogP contribution in [0.25, 0.3) is 0 Å². The fraction of sp³-hybridized carbons (Fsp3) is 0.667. The summed E-state index contributed by atoms with van der Waals surface area (Å²) >= 11 is 1.77. The number of thiophene rings is 1. The quantitative estimate of drug-likeness (QED) is 0.845. The van der Waals surface area contributed by atoms with Gasteiger partial charge in [-0.1, -0.05) is 6.07 Å². The van der Waals surface area contributed by atoms with Gasteiger partial charge in [0.25, 0.3) is 0 Å². The van der Waals surface area contributed by atoms with Crippen LogP contribution in [-0.4, -0.2) is 34.1 Å². The zero-order chi connectivity index (χ0) is 11.4. The van der Waals surface area contributed by atoms with E-state index in [2.05, 4.69) is 17.5 Å². The molecule has 0 aromatic carbocycles. The fourth-order valence-corrected chi connectivity index (χ4v) is 2.95. The standard InChI is InChI=1S/C12H19NO2S/c14-11-6-1-7-12(15)13(11)8-2-4-10-5-3-9-16-10/h3,5,9,11-12,14-15H,1-2,4,6-8H2. The van der Waals surface area contributed by atoms with Crippen molar-refractivity contribution in [3.05, 3.63) is 22.4 Å². The molecule has 2 atom stereocenters. The smallest absolute Gasteiger partial charge is 0.109 e. The van der Waals surface area contributed by atoms with Gasteiger partial charge in [0.2, 0.25) is 0 Å². The van der Waals surface area contributed by atoms with E-state index in [1.54, 1.807) is 11.3 Å². The van der Waals surface area contributed by atoms with Gasteiger partial charge < -0.3 is 10.2 Å². The Labute approximate surface area is 100 Å². The number of aliphatic hydroxyl groups is 2. The number of hydrogen-bond acceptors (Lipinski definition) is 4. The molecule has 0 radical (unpaired) electrons. The maximum absolute atomic E-state index is 9.77. The molecule has 3 nitrogen and oxygen atoms in total. The lowest BCUT2D eigenvalue weighted by Gasteiger charge is -2.36. The largest absolute Gasteiger partial charge is 0.378 e. The number of nitrogens with zero attached hydrogens (tertiary/aromatic N) is 1. The van der Waals surface area contributed by atoms with E-state index in [-0.39, 0.29) is 0 Å². The van der Waals surface area contributed by atoms with E-state index >= 15 is 0 Å². The van der Waals surface area contributed by atoms with Crippen LogP contribution in [-0.2, 0) is 6.42 Å². The lowest BCUT2D eigenvalue weighted by Crippen LogP contribution is -2.47. The Kier molecular flexibility index (Phi) is 4.35. The Balaban J connectivity index is 1.75. The van der Waals surface area contributed by atoms with Crippen LogP contribution in [0.15, 0.2) is 17.5 Å². The van der Waals surface area contributed by atoms with Crippen LogP contribution in [0, 0.1) is 0 Å². The van der Waals surface area contributed by atoms with Gasteiger partial charge >= 0.3 is 0 Å². The maximum Gasteiger partial charge on any atom is 0.109 e. The van der Waals surface area contributed by atoms with Crippen molar-refractivity contribution in [2.24, 2.45) is 0 Å². The van der Waals surface area contributed by atoms with Crippen molar-refractivity contribution in [1.82, 2.24) is 4.90 Å². The molecule has 1 aliphatic rings. The van der Waals surface area contributed by atoms with Gasteiger partial charge in [-0.15, -0.1) is 11.3 Å². The van der Waals surface area contributed by atoms with Crippen LogP contribution in [0.5, 0.6) is 0 Å². The van der Waals surface area contributed by atoms with Gasteiger partial charge in [0.1, 0.15) is 12.5 Å². The maximum atomic E-state index is 9.77. The number of rotatable bonds is 4. The molecule has 90 valence electrons. The number of aryl methyl sites for hydroxylation is 1. The monoisotopic (exact) mass is 241 g/mol. The topological polar surface area (TPSA) is 43.7 Å². The molecule has 1 aromatic heterocycles. The first-order valence-corrected chi connectivity index (χ1v) is 6.79. The van der Waals surface area contributed by atoms with Crippen LogP contribution in [0.4, 0.5) is 0 Å². The first-order chi connectivity index (χ1) is 7.77. The molecular weight excluding hydrogens is 222 g/mol. The predicted octanol–water partition coefficient (Wildman–Crippen LogP) is 1.80. The first-order valence-electron chi connectivity index (χ1n) is 5.91. The highest BCUT2D eigenvalue weighted by molar-refractivity contribution is 7.09. The molecule has 1 aromatic rings. The van der Waals surface area contributed by atoms with Gasteiger partial charge in [-0.2, -0.15) is 0 Å². The molecule has 0 aliphatic carbocycles. The summed E-state index contributed by atoms with van der Waals surface area (Å²) in [7, 11) is 0. The summed E-state index contributed by atoms with van der Waals surface area (Å²) in [5.41, 5.74) is 0. The van der Waals surface area contributed by atoms with Crippen LogP contribution in [0.3, 0.4) is 0 Å². The molecule has 1 saturated heterocycles. The number of hydrogen-bond donors (Lipinski definition) is 2. The van der Waals surface area contributed by atoms with Gasteiger partial charge in [0, 0.05) is 11.4 Å². The van der Waals surface area contributed by atoms with Crippen molar-refractivity contribution in [1.29, 1.82) is 0 Å². The summed E-state index contributed by atoms with van der Waals surface area (Å²) in [4.78, 5) is 3.19. The zero-order valence-electron chi connectivity index (χ0n) is 9.38. The second-order valence-corrected chi connectivity index (χ2v) is 5.35. The molecule has 1 aliphatic heterocycles. The SMILES string of the molecule is OC1CCCC(O)N1CCCc1cccs1. The third-order valence-corrected chi connectivity index (χ3v) is 4.05. The van der Waals surface area contributed by atoms with Crippen molar-refractivity contribution in [2.45, 2.75) is 44.6 Å². The summed E-state index contributed by atoms with van der Waals surface area (Å²) in [5, 5.41) is 21.6. The third kappa shape index (κ3) is 3.04. The van der Waals surface area contributed by atoms with Crippen molar-refractivity contribution >= 4 is 11.3 Å². The Hall–Kier alpha value is -0.420. The third-order valence-electron chi connectivity index (χ3n) is 3.11. The summed E-state index contributed by atoms with van der Waals surface area (Å²) in [6.45, 7) is 0.778. The molecule has 2 unspecified atom stereocenters. The highest BCUT2D eigenvalue weighted by Crippen LogP contribution is 2.20. The first kappa shape index (κ1) is 12.0. The highest BCUT2D eigenvalue weighted by Gasteiger charge is 2.26. The fourth-order valence-electron chi connectivity index (χ4n) is 2.20. The summed E-state index contributed by atoms with van der Waals surface area (Å²) in [5.74, 6) is 0. The Morgan fingerprint density at radius 1 is 1.31 bits per heavy atom. The van der Waals surface area contributed by atoms with E-state index in [1.807, 2.05) is 4.90 Å². The summed E-state index contributed by atoms with van der Waals surface area (Å²) in [6, 6.07) is 4.19. The van der Waals surface area contributed by atoms with E-state index in [0.29, 0.717) is 0 Å². The summed E-state index contributed by atoms with van der Waals surface area (Å²) < 4.78 is 0.